The molecule has 1 aliphatic rings. The fourth-order valence-corrected chi connectivity index (χ4v) is 3.00. The van der Waals surface area contributed by atoms with Crippen LogP contribution in [0.15, 0.2) is 24.3 Å². The van der Waals surface area contributed by atoms with E-state index in [4.69, 9.17) is 5.11 Å². The van der Waals surface area contributed by atoms with Crippen LogP contribution in [0.2, 0.25) is 0 Å². The van der Waals surface area contributed by atoms with Crippen molar-refractivity contribution < 1.29 is 14.1 Å². The number of aliphatic hydroxyl groups excluding tert-OH is 1. The fourth-order valence-electron chi connectivity index (χ4n) is 2.35. The molecule has 0 aliphatic heterocycles. The number of nitrogens with one attached hydrogen (secondary N) is 1. The highest BCUT2D eigenvalue weighted by molar-refractivity contribution is 7.83. The Morgan fingerprint density at radius 3 is 2.85 bits per heavy atom. The highest BCUT2D eigenvalue weighted by Gasteiger charge is 2.31. The molecule has 4 nitrogen and oxygen atoms in total. The molecule has 2 unspecified atom stereocenters. The number of rotatable bonds is 7. The van der Waals surface area contributed by atoms with Gasteiger partial charge in [-0.3, -0.25) is 9.00 Å². The van der Waals surface area contributed by atoms with Crippen molar-refractivity contribution in [3.63, 3.8) is 0 Å². The van der Waals surface area contributed by atoms with Gasteiger partial charge in [-0.1, -0.05) is 12.1 Å². The predicted octanol–water partition coefficient (Wildman–Crippen LogP) is 1.46. The lowest BCUT2D eigenvalue weighted by Gasteiger charge is -2.17. The molecule has 0 bridgehead atoms. The van der Waals surface area contributed by atoms with Gasteiger partial charge in [0.15, 0.2) is 0 Å². The first-order valence-corrected chi connectivity index (χ1v) is 8.63. The van der Waals surface area contributed by atoms with E-state index in [1.807, 2.05) is 12.1 Å². The number of carbonyl (C=O) groups excluding carboxylic acids is 1. The Hall–Kier alpha value is -1.20. The van der Waals surface area contributed by atoms with Crippen LogP contribution < -0.4 is 5.32 Å². The molecule has 1 aromatic rings. The minimum Gasteiger partial charge on any atom is -0.396 e. The number of amides is 1. The zero-order valence-corrected chi connectivity index (χ0v) is 12.5. The second-order valence-electron chi connectivity index (χ2n) is 5.35. The predicted molar refractivity (Wildman–Crippen MR) is 79.9 cm³/mol. The molecule has 1 amide bonds. The molecule has 1 fully saturated rings. The Bertz CT molecular complexity index is 500. The summed E-state index contributed by atoms with van der Waals surface area (Å²) in [5, 5.41) is 12.1. The van der Waals surface area contributed by atoms with Gasteiger partial charge in [0.05, 0.1) is 0 Å². The Morgan fingerprint density at radius 2 is 2.25 bits per heavy atom. The number of carbonyl (C=O) groups is 1. The van der Waals surface area contributed by atoms with E-state index in [-0.39, 0.29) is 18.6 Å². The second kappa shape index (κ2) is 6.99. The molecule has 0 aromatic heterocycles. The third kappa shape index (κ3) is 4.42. The van der Waals surface area contributed by atoms with Crippen molar-refractivity contribution in [1.82, 2.24) is 5.32 Å². The summed E-state index contributed by atoms with van der Waals surface area (Å²) >= 11 is 0. The standard InChI is InChI=1S/C15H21NO3S/c1-20(19)10-11-3-2-4-13(9-11)15(18)16-14(7-8-17)12-5-6-12/h2-4,9,12,14,17H,5-8,10H2,1H3,(H,16,18). The van der Waals surface area contributed by atoms with Crippen LogP contribution in [0.25, 0.3) is 0 Å². The summed E-state index contributed by atoms with van der Waals surface area (Å²) in [6.45, 7) is 0.0936. The Morgan fingerprint density at radius 1 is 1.50 bits per heavy atom. The van der Waals surface area contributed by atoms with Gasteiger partial charge in [-0.15, -0.1) is 0 Å². The van der Waals surface area contributed by atoms with E-state index >= 15 is 0 Å². The van der Waals surface area contributed by atoms with Crippen molar-refractivity contribution in [3.05, 3.63) is 35.4 Å². The molecule has 1 aliphatic carbocycles. The van der Waals surface area contributed by atoms with E-state index in [1.54, 1.807) is 18.4 Å². The molecular formula is C15H21NO3S. The largest absolute Gasteiger partial charge is 0.396 e. The molecule has 2 N–H and O–H groups in total. The van der Waals surface area contributed by atoms with E-state index in [2.05, 4.69) is 5.32 Å². The lowest BCUT2D eigenvalue weighted by atomic mass is 10.1. The summed E-state index contributed by atoms with van der Waals surface area (Å²) in [7, 11) is -0.914. The van der Waals surface area contributed by atoms with E-state index in [0.29, 0.717) is 23.7 Å². The Balaban J connectivity index is 2.02. The molecule has 0 spiro atoms. The van der Waals surface area contributed by atoms with Crippen molar-refractivity contribution in [1.29, 1.82) is 0 Å². The zero-order chi connectivity index (χ0) is 14.5. The maximum Gasteiger partial charge on any atom is 0.251 e. The van der Waals surface area contributed by atoms with Crippen LogP contribution in [0.5, 0.6) is 0 Å². The SMILES string of the molecule is CS(=O)Cc1cccc(C(=O)NC(CCO)C2CC2)c1. The van der Waals surface area contributed by atoms with E-state index in [1.165, 1.54) is 0 Å². The second-order valence-corrected chi connectivity index (χ2v) is 6.78. The minimum absolute atomic E-state index is 0.0662. The lowest BCUT2D eigenvalue weighted by molar-refractivity contribution is 0.0924. The van der Waals surface area contributed by atoms with Crippen molar-refractivity contribution in [2.24, 2.45) is 5.92 Å². The van der Waals surface area contributed by atoms with Gasteiger partial charge < -0.3 is 10.4 Å². The molecular weight excluding hydrogens is 274 g/mol. The van der Waals surface area contributed by atoms with Gasteiger partial charge >= 0.3 is 0 Å². The van der Waals surface area contributed by atoms with Crippen molar-refractivity contribution in [3.8, 4) is 0 Å². The maximum absolute atomic E-state index is 12.2. The third-order valence-electron chi connectivity index (χ3n) is 3.51. The number of aliphatic hydroxyl groups is 1. The summed E-state index contributed by atoms with van der Waals surface area (Å²) in [4.78, 5) is 12.2. The van der Waals surface area contributed by atoms with Crippen LogP contribution >= 0.6 is 0 Å². The van der Waals surface area contributed by atoms with E-state index < -0.39 is 10.8 Å². The van der Waals surface area contributed by atoms with Crippen LogP contribution in [0.1, 0.15) is 35.2 Å². The molecule has 0 radical (unpaired) electrons. The topological polar surface area (TPSA) is 66.4 Å². The third-order valence-corrected chi connectivity index (χ3v) is 4.25. The van der Waals surface area contributed by atoms with Crippen LogP contribution in [0.4, 0.5) is 0 Å². The first-order chi connectivity index (χ1) is 9.60. The maximum atomic E-state index is 12.2. The molecule has 110 valence electrons. The van der Waals surface area contributed by atoms with Crippen molar-refractivity contribution in [2.75, 3.05) is 12.9 Å². The average molecular weight is 295 g/mol. The van der Waals surface area contributed by atoms with Crippen LogP contribution in [0, 0.1) is 5.92 Å². The van der Waals surface area contributed by atoms with Gasteiger partial charge in [-0.05, 0) is 42.9 Å². The molecule has 20 heavy (non-hydrogen) atoms. The minimum atomic E-state index is -0.914. The molecule has 0 heterocycles. The summed E-state index contributed by atoms with van der Waals surface area (Å²) in [6.07, 6.45) is 4.51. The quantitative estimate of drug-likeness (QED) is 0.800. The summed E-state index contributed by atoms with van der Waals surface area (Å²) in [5.74, 6) is 0.862. The van der Waals surface area contributed by atoms with Crippen LogP contribution in [0.3, 0.4) is 0 Å². The number of hydrogen-bond donors (Lipinski definition) is 2. The molecule has 1 saturated carbocycles. The van der Waals surface area contributed by atoms with E-state index in [0.717, 1.165) is 18.4 Å². The first kappa shape index (κ1) is 15.2. The number of benzene rings is 1. The molecule has 2 rings (SSSR count). The highest BCUT2D eigenvalue weighted by Crippen LogP contribution is 2.34. The first-order valence-electron chi connectivity index (χ1n) is 6.91. The Labute approximate surface area is 122 Å². The molecule has 0 saturated heterocycles. The van der Waals surface area contributed by atoms with Gasteiger partial charge in [-0.25, -0.2) is 0 Å². The Kier molecular flexibility index (Phi) is 5.31. The molecule has 1 aromatic carbocycles. The van der Waals surface area contributed by atoms with Gasteiger partial charge in [0, 0.05) is 41.0 Å². The van der Waals surface area contributed by atoms with Crippen LogP contribution in [-0.2, 0) is 16.6 Å². The van der Waals surface area contributed by atoms with E-state index in [9.17, 15) is 9.00 Å². The van der Waals surface area contributed by atoms with Crippen molar-refractivity contribution in [2.45, 2.75) is 31.1 Å². The summed E-state index contributed by atoms with van der Waals surface area (Å²) in [6, 6.07) is 7.32. The zero-order valence-electron chi connectivity index (χ0n) is 11.7. The van der Waals surface area contributed by atoms with Gasteiger partial charge in [0.1, 0.15) is 0 Å². The molecule has 5 heteroatoms. The fraction of sp³-hybridized carbons (Fsp3) is 0.533. The molecule has 2 atom stereocenters. The van der Waals surface area contributed by atoms with Gasteiger partial charge in [0.2, 0.25) is 0 Å². The summed E-state index contributed by atoms with van der Waals surface area (Å²) < 4.78 is 11.2. The summed E-state index contributed by atoms with van der Waals surface area (Å²) in [5.41, 5.74) is 1.50. The monoisotopic (exact) mass is 295 g/mol. The van der Waals surface area contributed by atoms with Gasteiger partial charge in [-0.2, -0.15) is 0 Å². The lowest BCUT2D eigenvalue weighted by Crippen LogP contribution is -2.37. The van der Waals surface area contributed by atoms with Gasteiger partial charge in [0.25, 0.3) is 5.91 Å². The average Bonchev–Trinajstić information content (AvgIpc) is 3.22. The number of hydrogen-bond acceptors (Lipinski definition) is 3. The highest BCUT2D eigenvalue weighted by atomic mass is 32.2. The normalized spacial score (nSPS) is 17.5. The van der Waals surface area contributed by atoms with Crippen molar-refractivity contribution >= 4 is 16.7 Å². The smallest absolute Gasteiger partial charge is 0.251 e. The van der Waals surface area contributed by atoms with Crippen LogP contribution in [-0.4, -0.2) is 34.1 Å².